The molecule has 1 N–H and O–H groups in total. The molecular weight excluding hydrogens is 399 g/mol. The summed E-state index contributed by atoms with van der Waals surface area (Å²) in [5, 5.41) is 3.84. The Labute approximate surface area is 170 Å². The molecule has 1 amide bonds. The van der Waals surface area contributed by atoms with Crippen LogP contribution in [0, 0.1) is 12.7 Å². The minimum Gasteiger partial charge on any atom is -0.457 e. The number of carbonyl (C=O) groups is 1. The number of hydrogen-bond donors (Lipinski definition) is 1. The van der Waals surface area contributed by atoms with E-state index in [1.54, 1.807) is 36.4 Å². The van der Waals surface area contributed by atoms with Gasteiger partial charge in [0, 0.05) is 16.7 Å². The van der Waals surface area contributed by atoms with Gasteiger partial charge in [-0.15, -0.1) is 0 Å². The molecule has 1 saturated heterocycles. The molecule has 0 radical (unpaired) electrons. The van der Waals surface area contributed by atoms with Crippen molar-refractivity contribution in [1.82, 2.24) is 5.32 Å². The highest BCUT2D eigenvalue weighted by Gasteiger charge is 2.24. The summed E-state index contributed by atoms with van der Waals surface area (Å²) in [6, 6.07) is 15.0. The summed E-state index contributed by atoms with van der Waals surface area (Å²) >= 11 is 7.35. The van der Waals surface area contributed by atoms with Gasteiger partial charge in [-0.05, 0) is 72.8 Å². The summed E-state index contributed by atoms with van der Waals surface area (Å²) in [5.41, 5.74) is 2.31. The fourth-order valence-electron chi connectivity index (χ4n) is 2.64. The molecule has 2 heterocycles. The Morgan fingerprint density at radius 3 is 2.71 bits per heavy atom. The van der Waals surface area contributed by atoms with Gasteiger partial charge in [-0.1, -0.05) is 17.7 Å². The van der Waals surface area contributed by atoms with E-state index < -0.39 is 0 Å². The molecule has 7 heteroatoms. The van der Waals surface area contributed by atoms with Crippen molar-refractivity contribution < 1.29 is 13.6 Å². The van der Waals surface area contributed by atoms with E-state index in [1.807, 2.05) is 19.1 Å². The first kappa shape index (κ1) is 18.5. The maximum atomic E-state index is 13.1. The Balaban J connectivity index is 1.56. The number of thioether (sulfide) groups is 1. The molecule has 2 aromatic carbocycles. The molecule has 1 aliphatic heterocycles. The quantitative estimate of drug-likeness (QED) is 0.541. The van der Waals surface area contributed by atoms with E-state index in [2.05, 4.69) is 10.3 Å². The number of furan rings is 1. The van der Waals surface area contributed by atoms with Gasteiger partial charge in [0.05, 0.1) is 10.6 Å². The van der Waals surface area contributed by atoms with Gasteiger partial charge in [0.25, 0.3) is 5.91 Å². The highest BCUT2D eigenvalue weighted by molar-refractivity contribution is 8.18. The predicted molar refractivity (Wildman–Crippen MR) is 111 cm³/mol. The third kappa shape index (κ3) is 3.88. The number of aliphatic imine (C=N–C) groups is 1. The number of nitrogens with zero attached hydrogens (tertiary/aromatic N) is 1. The first-order valence-electron chi connectivity index (χ1n) is 8.40. The van der Waals surface area contributed by atoms with Gasteiger partial charge in [-0.25, -0.2) is 9.38 Å². The topological polar surface area (TPSA) is 54.6 Å². The third-order valence-corrected chi connectivity index (χ3v) is 5.46. The minimum atomic E-state index is -0.307. The molecular formula is C21H14ClFN2O2S. The fraction of sp³-hybridized carbons (Fsp3) is 0.0476. The van der Waals surface area contributed by atoms with Crippen molar-refractivity contribution in [2.24, 2.45) is 4.99 Å². The number of amidine groups is 1. The smallest absolute Gasteiger partial charge is 0.264 e. The van der Waals surface area contributed by atoms with Gasteiger partial charge in [0.2, 0.25) is 0 Å². The van der Waals surface area contributed by atoms with Crippen LogP contribution in [0.4, 0.5) is 10.1 Å². The molecule has 1 aromatic heterocycles. The van der Waals surface area contributed by atoms with Gasteiger partial charge >= 0.3 is 0 Å². The second-order valence-electron chi connectivity index (χ2n) is 6.07. The molecule has 0 saturated carbocycles. The minimum absolute atomic E-state index is 0.247. The van der Waals surface area contributed by atoms with E-state index in [9.17, 15) is 9.18 Å². The van der Waals surface area contributed by atoms with Crippen molar-refractivity contribution in [1.29, 1.82) is 0 Å². The number of nitrogens with one attached hydrogen (secondary N) is 1. The number of rotatable bonds is 3. The first-order chi connectivity index (χ1) is 13.5. The molecule has 4 nitrogen and oxygen atoms in total. The average Bonchev–Trinajstić information content (AvgIpc) is 3.27. The lowest BCUT2D eigenvalue weighted by Crippen LogP contribution is -2.19. The van der Waals surface area contributed by atoms with Gasteiger partial charge in [0.1, 0.15) is 17.3 Å². The first-order valence-corrected chi connectivity index (χ1v) is 9.59. The molecule has 0 aliphatic carbocycles. The van der Waals surface area contributed by atoms with Crippen LogP contribution in [0.15, 0.2) is 68.9 Å². The van der Waals surface area contributed by atoms with Crippen LogP contribution >= 0.6 is 23.4 Å². The Bertz CT molecular complexity index is 1120. The standard InChI is InChI=1S/C21H14ClFN2O2S/c1-12-16(22)3-2-4-17(12)24-21-25-20(26)19(28-21)11-15-9-10-18(27-15)13-5-7-14(23)8-6-13/h2-11H,1H3,(H,24,25,26)/b19-11+. The Morgan fingerprint density at radius 1 is 1.14 bits per heavy atom. The van der Waals surface area contributed by atoms with Crippen LogP contribution in [-0.2, 0) is 4.79 Å². The Kier molecular flexibility index (Phi) is 5.07. The zero-order valence-corrected chi connectivity index (χ0v) is 16.3. The van der Waals surface area contributed by atoms with Crippen LogP contribution < -0.4 is 5.32 Å². The zero-order valence-electron chi connectivity index (χ0n) is 14.7. The normalized spacial score (nSPS) is 16.8. The predicted octanol–water partition coefficient (Wildman–Crippen LogP) is 5.94. The summed E-state index contributed by atoms with van der Waals surface area (Å²) in [4.78, 5) is 17.2. The van der Waals surface area contributed by atoms with Crippen LogP contribution in [0.3, 0.4) is 0 Å². The lowest BCUT2D eigenvalue weighted by atomic mass is 10.2. The summed E-state index contributed by atoms with van der Waals surface area (Å²) in [7, 11) is 0. The van der Waals surface area contributed by atoms with E-state index in [0.29, 0.717) is 32.3 Å². The largest absolute Gasteiger partial charge is 0.457 e. The molecule has 28 heavy (non-hydrogen) atoms. The van der Waals surface area contributed by atoms with Gasteiger partial charge in [-0.3, -0.25) is 4.79 Å². The number of amides is 1. The average molecular weight is 413 g/mol. The summed E-state index contributed by atoms with van der Waals surface area (Å²) in [6.07, 6.45) is 1.65. The van der Waals surface area contributed by atoms with Crippen molar-refractivity contribution >= 4 is 46.2 Å². The molecule has 0 spiro atoms. The number of carbonyl (C=O) groups excluding carboxylic acids is 1. The van der Waals surface area contributed by atoms with Gasteiger partial charge < -0.3 is 9.73 Å². The SMILES string of the molecule is Cc1c(Cl)cccc1N=C1NC(=O)/C(=C\c2ccc(-c3ccc(F)cc3)o2)S1. The Morgan fingerprint density at radius 2 is 1.93 bits per heavy atom. The zero-order chi connectivity index (χ0) is 19.7. The van der Waals surface area contributed by atoms with Crippen LogP contribution in [0.5, 0.6) is 0 Å². The van der Waals surface area contributed by atoms with E-state index >= 15 is 0 Å². The van der Waals surface area contributed by atoms with Crippen molar-refractivity contribution in [3.63, 3.8) is 0 Å². The monoisotopic (exact) mass is 412 g/mol. The van der Waals surface area contributed by atoms with Gasteiger partial charge in [0.15, 0.2) is 5.17 Å². The van der Waals surface area contributed by atoms with Crippen molar-refractivity contribution in [3.8, 4) is 11.3 Å². The van der Waals surface area contributed by atoms with Crippen LogP contribution in [0.2, 0.25) is 5.02 Å². The molecule has 1 fully saturated rings. The third-order valence-electron chi connectivity index (χ3n) is 4.14. The number of benzene rings is 2. The highest BCUT2D eigenvalue weighted by Crippen LogP contribution is 2.32. The van der Waals surface area contributed by atoms with Crippen LogP contribution in [0.1, 0.15) is 11.3 Å². The summed E-state index contributed by atoms with van der Waals surface area (Å²) in [5.74, 6) is 0.567. The second-order valence-corrected chi connectivity index (χ2v) is 7.51. The number of halogens is 2. The van der Waals surface area contributed by atoms with E-state index in [-0.39, 0.29) is 11.7 Å². The van der Waals surface area contributed by atoms with Crippen molar-refractivity contribution in [3.05, 3.63) is 81.7 Å². The highest BCUT2D eigenvalue weighted by atomic mass is 35.5. The van der Waals surface area contributed by atoms with Crippen molar-refractivity contribution in [2.75, 3.05) is 0 Å². The molecule has 4 rings (SSSR count). The molecule has 0 bridgehead atoms. The van der Waals surface area contributed by atoms with Crippen LogP contribution in [0.25, 0.3) is 17.4 Å². The maximum Gasteiger partial charge on any atom is 0.264 e. The lowest BCUT2D eigenvalue weighted by Gasteiger charge is -2.02. The maximum absolute atomic E-state index is 13.1. The van der Waals surface area contributed by atoms with E-state index in [0.717, 1.165) is 11.1 Å². The van der Waals surface area contributed by atoms with E-state index in [4.69, 9.17) is 16.0 Å². The van der Waals surface area contributed by atoms with Crippen LogP contribution in [-0.4, -0.2) is 11.1 Å². The van der Waals surface area contributed by atoms with Crippen molar-refractivity contribution in [2.45, 2.75) is 6.92 Å². The molecule has 1 aliphatic rings. The number of hydrogen-bond acceptors (Lipinski definition) is 4. The second kappa shape index (κ2) is 7.66. The Hall–Kier alpha value is -2.83. The molecule has 3 aromatic rings. The summed E-state index contributed by atoms with van der Waals surface area (Å²) in [6.45, 7) is 1.87. The van der Waals surface area contributed by atoms with E-state index in [1.165, 1.54) is 23.9 Å². The lowest BCUT2D eigenvalue weighted by molar-refractivity contribution is -0.115. The van der Waals surface area contributed by atoms with Gasteiger partial charge in [-0.2, -0.15) is 0 Å². The fourth-order valence-corrected chi connectivity index (χ4v) is 3.62. The molecule has 0 unspecified atom stereocenters. The molecule has 0 atom stereocenters. The summed E-state index contributed by atoms with van der Waals surface area (Å²) < 4.78 is 18.8. The molecule has 140 valence electrons.